The number of nitrogens with zero attached hydrogens (tertiary/aromatic N) is 3. The van der Waals surface area contributed by atoms with Crippen LogP contribution in [0.5, 0.6) is 5.75 Å². The number of nitrogens with two attached hydrogens (primary N) is 1. The van der Waals surface area contributed by atoms with Gasteiger partial charge in [-0.2, -0.15) is 0 Å². The summed E-state index contributed by atoms with van der Waals surface area (Å²) in [6.07, 6.45) is 6.73. The number of carbonyl (C=O) groups excluding carboxylic acids is 2. The number of carbonyl (C=O) groups is 2. The Morgan fingerprint density at radius 2 is 1.87 bits per heavy atom. The molecule has 8 nitrogen and oxygen atoms in total. The van der Waals surface area contributed by atoms with E-state index < -0.39 is 0 Å². The van der Waals surface area contributed by atoms with Gasteiger partial charge in [-0.3, -0.25) is 9.59 Å². The number of hydrogen-bond acceptors (Lipinski definition) is 7. The predicted octanol–water partition coefficient (Wildman–Crippen LogP) is 5.28. The molecule has 1 heterocycles. The van der Waals surface area contributed by atoms with Crippen LogP contribution in [0.3, 0.4) is 0 Å². The van der Waals surface area contributed by atoms with E-state index in [1.807, 2.05) is 67.4 Å². The first-order valence-electron chi connectivity index (χ1n) is 13.3. The van der Waals surface area contributed by atoms with Crippen molar-refractivity contribution >= 4 is 40.5 Å². The summed E-state index contributed by atoms with van der Waals surface area (Å²) in [5.41, 5.74) is 8.74. The number of rotatable bonds is 10. The minimum atomic E-state index is -0.367. The molecule has 206 valence electrons. The summed E-state index contributed by atoms with van der Waals surface area (Å²) in [6, 6.07) is 15.6. The molecule has 0 aromatic heterocycles. The first-order valence-corrected chi connectivity index (χ1v) is 13.3. The van der Waals surface area contributed by atoms with Gasteiger partial charge in [0.25, 0.3) is 0 Å². The lowest BCUT2D eigenvalue weighted by Crippen LogP contribution is -2.42. The summed E-state index contributed by atoms with van der Waals surface area (Å²) in [4.78, 5) is 33.2. The number of fused-ring (bicyclic) bond motifs is 1. The Balaban J connectivity index is 0.00000400. The van der Waals surface area contributed by atoms with E-state index in [2.05, 4.69) is 4.99 Å². The lowest BCUT2D eigenvalue weighted by molar-refractivity contribution is -0.149. The van der Waals surface area contributed by atoms with Crippen LogP contribution < -0.4 is 10.5 Å². The van der Waals surface area contributed by atoms with Crippen molar-refractivity contribution in [2.75, 3.05) is 20.2 Å². The zero-order valence-electron chi connectivity index (χ0n) is 22.3. The second-order valence-electron chi connectivity index (χ2n) is 9.91. The molecule has 1 amide bonds. The predicted molar refractivity (Wildman–Crippen MR) is 154 cm³/mol. The molecule has 2 aromatic rings. The first kappa shape index (κ1) is 29.5. The number of halogens is 1. The molecule has 1 aliphatic carbocycles. The number of guanidine groups is 1. The largest absolute Gasteiger partial charge is 0.494 e. The van der Waals surface area contributed by atoms with E-state index in [4.69, 9.17) is 15.2 Å². The Kier molecular flexibility index (Phi) is 11.0. The van der Waals surface area contributed by atoms with Crippen LogP contribution in [0.1, 0.15) is 69.1 Å². The molecule has 1 atom stereocenters. The third kappa shape index (κ3) is 7.96. The van der Waals surface area contributed by atoms with Crippen LogP contribution in [0.2, 0.25) is 0 Å². The van der Waals surface area contributed by atoms with Crippen LogP contribution in [0.4, 0.5) is 5.69 Å². The molecule has 2 N–H and O–H groups in total. The maximum Gasteiger partial charge on any atom is 0.326 e. The van der Waals surface area contributed by atoms with Crippen molar-refractivity contribution in [3.63, 3.8) is 0 Å². The summed E-state index contributed by atoms with van der Waals surface area (Å²) < 4.78 is 11.5. The van der Waals surface area contributed by atoms with Gasteiger partial charge in [0.2, 0.25) is 5.91 Å². The van der Waals surface area contributed by atoms with Gasteiger partial charge in [0, 0.05) is 31.6 Å². The molecular formula is C29H39BrN4O4. The van der Waals surface area contributed by atoms with Crippen LogP contribution in [-0.2, 0) is 20.9 Å². The molecular weight excluding hydrogens is 548 g/mol. The molecule has 2 aliphatic rings. The Morgan fingerprint density at radius 3 is 2.61 bits per heavy atom. The maximum absolute atomic E-state index is 12.6. The van der Waals surface area contributed by atoms with Crippen LogP contribution in [0, 0.1) is 0 Å². The fourth-order valence-corrected chi connectivity index (χ4v) is 4.95. The molecule has 1 aliphatic heterocycles. The van der Waals surface area contributed by atoms with E-state index in [0.717, 1.165) is 29.7 Å². The Morgan fingerprint density at radius 1 is 1.13 bits per heavy atom. The third-order valence-electron chi connectivity index (χ3n) is 7.19. The number of ether oxygens (including phenoxy) is 2. The standard InChI is InChI=1S/C29H38N4O4.BrH/c1-21(22-10-5-3-6-11-22)37-28(35)20-33-19-23-18-25(15-16-26(23)31-29(33)30)36-17-9-14-27(34)32(2)24-12-7-4-8-13-24;/h3,5-6,10-11,15-16,18,21,24H,4,7-9,12-14,17,19-20H2,1-2H3,(H2,30,31);1H. The smallest absolute Gasteiger partial charge is 0.326 e. The van der Waals surface area contributed by atoms with Gasteiger partial charge in [0.1, 0.15) is 18.4 Å². The summed E-state index contributed by atoms with van der Waals surface area (Å²) in [5.74, 6) is 0.817. The van der Waals surface area contributed by atoms with Crippen LogP contribution >= 0.6 is 17.0 Å². The molecule has 1 unspecified atom stereocenters. The average molecular weight is 588 g/mol. The summed E-state index contributed by atoms with van der Waals surface area (Å²) in [6.45, 7) is 2.75. The first-order chi connectivity index (χ1) is 17.9. The lowest BCUT2D eigenvalue weighted by Gasteiger charge is -2.31. The number of benzene rings is 2. The van der Waals surface area contributed by atoms with Gasteiger partial charge in [-0.1, -0.05) is 49.6 Å². The highest BCUT2D eigenvalue weighted by molar-refractivity contribution is 8.93. The van der Waals surface area contributed by atoms with Gasteiger partial charge in [-0.25, -0.2) is 4.99 Å². The van der Waals surface area contributed by atoms with Crippen molar-refractivity contribution in [1.29, 1.82) is 0 Å². The number of amides is 1. The van der Waals surface area contributed by atoms with Crippen molar-refractivity contribution in [2.24, 2.45) is 10.7 Å². The van der Waals surface area contributed by atoms with E-state index >= 15 is 0 Å². The molecule has 0 radical (unpaired) electrons. The zero-order valence-corrected chi connectivity index (χ0v) is 24.0. The number of esters is 1. The highest BCUT2D eigenvalue weighted by Crippen LogP contribution is 2.29. The third-order valence-corrected chi connectivity index (χ3v) is 7.19. The van der Waals surface area contributed by atoms with Crippen molar-refractivity contribution in [3.05, 3.63) is 59.7 Å². The summed E-state index contributed by atoms with van der Waals surface area (Å²) >= 11 is 0. The monoisotopic (exact) mass is 586 g/mol. The summed E-state index contributed by atoms with van der Waals surface area (Å²) in [5, 5.41) is 0. The van der Waals surface area contributed by atoms with E-state index in [-0.39, 0.29) is 47.5 Å². The zero-order chi connectivity index (χ0) is 26.2. The highest BCUT2D eigenvalue weighted by atomic mass is 79.9. The number of aliphatic imine (C=N–C) groups is 1. The fourth-order valence-electron chi connectivity index (χ4n) is 4.95. The fraction of sp³-hybridized carbons (Fsp3) is 0.483. The van der Waals surface area contributed by atoms with E-state index in [0.29, 0.717) is 37.8 Å². The minimum Gasteiger partial charge on any atom is -0.494 e. The molecule has 2 aromatic carbocycles. The van der Waals surface area contributed by atoms with E-state index in [1.54, 1.807) is 4.90 Å². The maximum atomic E-state index is 12.6. The van der Waals surface area contributed by atoms with Gasteiger partial charge in [0.05, 0.1) is 12.3 Å². The lowest BCUT2D eigenvalue weighted by atomic mass is 9.94. The normalized spacial score (nSPS) is 15.9. The topological polar surface area (TPSA) is 97.5 Å². The molecule has 0 spiro atoms. The molecule has 38 heavy (non-hydrogen) atoms. The SMILES string of the molecule is Br.CC(OC(=O)CN1Cc2cc(OCCCC(=O)N(C)C3CCCCC3)ccc2N=C1N)c1ccccc1. The quantitative estimate of drug-likeness (QED) is 0.300. The molecule has 1 fully saturated rings. The molecule has 4 rings (SSSR count). The second kappa shape index (κ2) is 14.2. The van der Waals surface area contributed by atoms with E-state index in [1.165, 1.54) is 19.3 Å². The van der Waals surface area contributed by atoms with Crippen molar-refractivity contribution in [3.8, 4) is 5.75 Å². The average Bonchev–Trinajstić information content (AvgIpc) is 2.92. The molecule has 9 heteroatoms. The molecule has 0 saturated heterocycles. The Bertz CT molecular complexity index is 1110. The molecule has 1 saturated carbocycles. The van der Waals surface area contributed by atoms with Gasteiger partial charge < -0.3 is 25.0 Å². The van der Waals surface area contributed by atoms with E-state index in [9.17, 15) is 9.59 Å². The van der Waals surface area contributed by atoms with Crippen LogP contribution in [0.25, 0.3) is 0 Å². The van der Waals surface area contributed by atoms with Gasteiger partial charge in [0.15, 0.2) is 5.96 Å². The van der Waals surface area contributed by atoms with Gasteiger partial charge >= 0.3 is 5.97 Å². The Hall–Kier alpha value is -3.07. The van der Waals surface area contributed by atoms with Crippen molar-refractivity contribution in [1.82, 2.24) is 9.80 Å². The Labute approximate surface area is 235 Å². The van der Waals surface area contributed by atoms with Crippen molar-refractivity contribution in [2.45, 2.75) is 70.6 Å². The van der Waals surface area contributed by atoms with Crippen LogP contribution in [-0.4, -0.2) is 53.9 Å². The van der Waals surface area contributed by atoms with Crippen LogP contribution in [0.15, 0.2) is 53.5 Å². The second-order valence-corrected chi connectivity index (χ2v) is 9.91. The minimum absolute atomic E-state index is 0. The number of hydrogen-bond donors (Lipinski definition) is 1. The van der Waals surface area contributed by atoms with Gasteiger partial charge in [-0.15, -0.1) is 17.0 Å². The van der Waals surface area contributed by atoms with Crippen molar-refractivity contribution < 1.29 is 19.1 Å². The summed E-state index contributed by atoms with van der Waals surface area (Å²) in [7, 11) is 1.93. The highest BCUT2D eigenvalue weighted by Gasteiger charge is 2.23. The van der Waals surface area contributed by atoms with Gasteiger partial charge in [-0.05, 0) is 49.9 Å². The molecule has 0 bridgehead atoms.